The topological polar surface area (TPSA) is 237 Å². The summed E-state index contributed by atoms with van der Waals surface area (Å²) in [5, 5.41) is 10.6. The molecule has 4 unspecified atom stereocenters. The smallest absolute Gasteiger partial charge is 0.462 e. The minimum atomic E-state index is -4.96. The van der Waals surface area contributed by atoms with Gasteiger partial charge in [0.05, 0.1) is 26.4 Å². The lowest BCUT2D eigenvalue weighted by molar-refractivity contribution is -0.161. The number of rotatable bonds is 74. The largest absolute Gasteiger partial charge is 0.472 e. The number of phosphoric acid groups is 2. The zero-order valence-corrected chi connectivity index (χ0v) is 64.8. The molecule has 0 amide bonds. The van der Waals surface area contributed by atoms with Crippen LogP contribution in [0, 0.1) is 23.7 Å². The van der Waals surface area contributed by atoms with Gasteiger partial charge in [-0.05, 0) is 49.4 Å². The van der Waals surface area contributed by atoms with Gasteiger partial charge in [-0.2, -0.15) is 0 Å². The van der Waals surface area contributed by atoms with Crippen molar-refractivity contribution in [3.05, 3.63) is 0 Å². The number of hydrogen-bond donors (Lipinski definition) is 3. The maximum Gasteiger partial charge on any atom is 0.472 e. The molecule has 0 aromatic rings. The lowest BCUT2D eigenvalue weighted by atomic mass is 9.99. The molecule has 0 aliphatic heterocycles. The Morgan fingerprint density at radius 2 is 0.500 bits per heavy atom. The lowest BCUT2D eigenvalue weighted by Crippen LogP contribution is -2.30. The molecule has 0 bridgehead atoms. The average molecular weight is 1410 g/mol. The summed E-state index contributed by atoms with van der Waals surface area (Å²) in [4.78, 5) is 72.9. The van der Waals surface area contributed by atoms with Crippen LogP contribution in [0.2, 0.25) is 0 Å². The van der Waals surface area contributed by atoms with Gasteiger partial charge in [0, 0.05) is 25.7 Å². The van der Waals surface area contributed by atoms with Crippen molar-refractivity contribution < 1.29 is 80.2 Å². The van der Waals surface area contributed by atoms with Crippen LogP contribution in [-0.2, 0) is 65.4 Å². The van der Waals surface area contributed by atoms with Gasteiger partial charge in [0.25, 0.3) is 0 Å². The van der Waals surface area contributed by atoms with E-state index in [0.717, 1.165) is 120 Å². The summed E-state index contributed by atoms with van der Waals surface area (Å²) in [6.07, 6.45) is 51.3. The Morgan fingerprint density at radius 3 is 0.740 bits per heavy atom. The Labute approximate surface area is 588 Å². The number of hydrogen-bond acceptors (Lipinski definition) is 15. The van der Waals surface area contributed by atoms with Gasteiger partial charge < -0.3 is 33.8 Å². The SMILES string of the molecule is CCC(C)CCCCCCCCCCCCC(=O)O[C@H](COC(=O)CCCCCCCCC(C)CC)COP(=O)(O)OC[C@H](O)COP(=O)(O)OC[C@@H](COC(=O)CCCCCCCCCCCCCCCCCC(C)C)OC(=O)CCCCCCCCCCCCCC(C)C. The molecule has 7 atom stereocenters. The minimum Gasteiger partial charge on any atom is -0.462 e. The summed E-state index contributed by atoms with van der Waals surface area (Å²) >= 11 is 0. The fraction of sp³-hybridized carbons (Fsp3) is 0.948. The van der Waals surface area contributed by atoms with E-state index in [1.807, 2.05) is 0 Å². The molecular weight excluding hydrogens is 1260 g/mol. The second-order valence-corrected chi connectivity index (χ2v) is 32.1. The van der Waals surface area contributed by atoms with E-state index in [2.05, 4.69) is 55.4 Å². The molecule has 0 heterocycles. The molecule has 0 spiro atoms. The van der Waals surface area contributed by atoms with E-state index in [4.69, 9.17) is 37.0 Å². The van der Waals surface area contributed by atoms with Crippen LogP contribution in [0.3, 0.4) is 0 Å². The molecule has 3 N–H and O–H groups in total. The van der Waals surface area contributed by atoms with Gasteiger partial charge in [0.15, 0.2) is 12.2 Å². The summed E-state index contributed by atoms with van der Waals surface area (Å²) < 4.78 is 68.6. The van der Waals surface area contributed by atoms with E-state index < -0.39 is 97.5 Å². The summed E-state index contributed by atoms with van der Waals surface area (Å²) in [6.45, 7) is 14.2. The fourth-order valence-electron chi connectivity index (χ4n) is 11.7. The number of ether oxygens (including phenoxy) is 4. The Morgan fingerprint density at radius 1 is 0.292 bits per heavy atom. The van der Waals surface area contributed by atoms with Crippen molar-refractivity contribution in [1.82, 2.24) is 0 Å². The first-order valence-corrected chi connectivity index (χ1v) is 42.8. The van der Waals surface area contributed by atoms with Crippen LogP contribution in [0.1, 0.15) is 389 Å². The van der Waals surface area contributed by atoms with Gasteiger partial charge in [0.1, 0.15) is 19.3 Å². The molecule has 0 radical (unpaired) electrons. The highest BCUT2D eigenvalue weighted by Gasteiger charge is 2.30. The summed E-state index contributed by atoms with van der Waals surface area (Å²) in [6, 6.07) is 0. The van der Waals surface area contributed by atoms with Crippen LogP contribution in [0.5, 0.6) is 0 Å². The Kier molecular flexibility index (Phi) is 65.0. The highest BCUT2D eigenvalue weighted by atomic mass is 31.2. The number of unbranched alkanes of at least 4 members (excludes halogenated alkanes) is 38. The predicted octanol–water partition coefficient (Wildman–Crippen LogP) is 22.4. The van der Waals surface area contributed by atoms with Gasteiger partial charge in [-0.3, -0.25) is 37.3 Å². The second kappa shape index (κ2) is 66.3. The summed E-state index contributed by atoms with van der Waals surface area (Å²) in [7, 11) is -9.92. The molecule has 96 heavy (non-hydrogen) atoms. The quantitative estimate of drug-likeness (QED) is 0.0222. The third kappa shape index (κ3) is 67.9. The zero-order chi connectivity index (χ0) is 71.0. The first kappa shape index (κ1) is 94.1. The highest BCUT2D eigenvalue weighted by Crippen LogP contribution is 2.45. The van der Waals surface area contributed by atoms with E-state index in [1.165, 1.54) is 186 Å². The first-order chi connectivity index (χ1) is 46.2. The van der Waals surface area contributed by atoms with Gasteiger partial charge in [0.2, 0.25) is 0 Å². The summed E-state index contributed by atoms with van der Waals surface area (Å²) in [5.74, 6) is 0.985. The number of carbonyl (C=O) groups is 4. The molecule has 0 aliphatic carbocycles. The van der Waals surface area contributed by atoms with Crippen molar-refractivity contribution >= 4 is 39.5 Å². The molecule has 0 saturated heterocycles. The van der Waals surface area contributed by atoms with E-state index in [9.17, 15) is 43.2 Å². The molecule has 0 saturated carbocycles. The monoisotopic (exact) mass is 1410 g/mol. The van der Waals surface area contributed by atoms with Gasteiger partial charge in [-0.1, -0.05) is 338 Å². The van der Waals surface area contributed by atoms with E-state index >= 15 is 0 Å². The van der Waals surface area contributed by atoms with Crippen LogP contribution in [0.15, 0.2) is 0 Å². The Balaban J connectivity index is 5.25. The van der Waals surface area contributed by atoms with Crippen molar-refractivity contribution in [2.45, 2.75) is 408 Å². The molecule has 17 nitrogen and oxygen atoms in total. The number of aliphatic hydroxyl groups is 1. The molecule has 0 aromatic carbocycles. The zero-order valence-electron chi connectivity index (χ0n) is 63.0. The number of carbonyl (C=O) groups excluding carboxylic acids is 4. The Hall–Kier alpha value is -1.94. The van der Waals surface area contributed by atoms with Crippen LogP contribution < -0.4 is 0 Å². The first-order valence-electron chi connectivity index (χ1n) is 39.8. The highest BCUT2D eigenvalue weighted by molar-refractivity contribution is 7.47. The van der Waals surface area contributed by atoms with Gasteiger partial charge in [-0.15, -0.1) is 0 Å². The van der Waals surface area contributed by atoms with Gasteiger partial charge in [-0.25, -0.2) is 9.13 Å². The maximum atomic E-state index is 13.1. The van der Waals surface area contributed by atoms with E-state index in [-0.39, 0.29) is 25.7 Å². The Bertz CT molecular complexity index is 1890. The minimum absolute atomic E-state index is 0.105. The lowest BCUT2D eigenvalue weighted by Gasteiger charge is -2.21. The van der Waals surface area contributed by atoms with Crippen molar-refractivity contribution in [1.29, 1.82) is 0 Å². The van der Waals surface area contributed by atoms with E-state index in [1.54, 1.807) is 0 Å². The molecule has 0 aromatic heterocycles. The van der Waals surface area contributed by atoms with Crippen LogP contribution in [0.25, 0.3) is 0 Å². The third-order valence-corrected chi connectivity index (χ3v) is 20.4. The fourth-order valence-corrected chi connectivity index (χ4v) is 13.2. The van der Waals surface area contributed by atoms with Crippen LogP contribution in [0.4, 0.5) is 0 Å². The third-order valence-electron chi connectivity index (χ3n) is 18.5. The predicted molar refractivity (Wildman–Crippen MR) is 391 cm³/mol. The number of esters is 4. The van der Waals surface area contributed by atoms with Gasteiger partial charge >= 0.3 is 39.5 Å². The summed E-state index contributed by atoms with van der Waals surface area (Å²) in [5.41, 5.74) is 0. The molecule has 19 heteroatoms. The van der Waals surface area contributed by atoms with Crippen LogP contribution >= 0.6 is 15.6 Å². The van der Waals surface area contributed by atoms with Crippen molar-refractivity contribution in [3.8, 4) is 0 Å². The number of aliphatic hydroxyl groups excluding tert-OH is 1. The molecular formula is C77H150O17P2. The van der Waals surface area contributed by atoms with Crippen molar-refractivity contribution in [3.63, 3.8) is 0 Å². The second-order valence-electron chi connectivity index (χ2n) is 29.2. The molecule has 0 rings (SSSR count). The normalized spacial score (nSPS) is 14.7. The molecule has 0 fully saturated rings. The van der Waals surface area contributed by atoms with Crippen molar-refractivity contribution in [2.75, 3.05) is 39.6 Å². The molecule has 0 aliphatic rings. The van der Waals surface area contributed by atoms with Crippen molar-refractivity contribution in [2.24, 2.45) is 23.7 Å². The molecule has 570 valence electrons. The number of phosphoric ester groups is 2. The maximum absolute atomic E-state index is 13.1. The van der Waals surface area contributed by atoms with E-state index in [0.29, 0.717) is 25.7 Å². The average Bonchev–Trinajstić information content (AvgIpc) is 1.69. The standard InChI is InChI=1S/C77H150O17P2/c1-9-69(7)55-47-39-31-25-21-22-28-34-44-52-60-77(82)94-73(64-88-75(80)58-50-42-36-35-40-48-56-70(8)10-2)66-92-96(85,86)90-62-71(78)61-89-95(83,84)91-65-72(93-76(81)59-51-43-33-27-20-16-18-24-30-38-46-54-68(5)6)63-87-74(79)57-49-41-32-26-19-15-13-11-12-14-17-23-29-37-45-53-67(3)4/h67-73,78H,9-66H2,1-8H3,(H,83,84)(H,85,86)/t69?,70?,71-,72-,73-/m1/s1. The van der Waals surface area contributed by atoms with Crippen LogP contribution in [-0.4, -0.2) is 96.7 Å².